The number of hydrogen-bond acceptors (Lipinski definition) is 3. The Hall–Kier alpha value is -1.10. The molecule has 2 aromatic heterocycles. The number of carbonyl (C=O) groups is 1. The first-order chi connectivity index (χ1) is 9.65. The van der Waals surface area contributed by atoms with E-state index >= 15 is 0 Å². The molecule has 1 aliphatic rings. The standard InChI is InChI=1S/C14H12Cl2N2OS/c15-12-7-9(8-13(16)17-12)14(19)18-5-1-3-10(18)11-4-2-6-20-11/h2,4,6-8,10H,1,3,5H2. The molecule has 1 saturated heterocycles. The fourth-order valence-corrected chi connectivity index (χ4v) is 3.87. The van der Waals surface area contributed by atoms with Gasteiger partial charge in [-0.3, -0.25) is 4.79 Å². The van der Waals surface area contributed by atoms with E-state index in [0.29, 0.717) is 5.56 Å². The summed E-state index contributed by atoms with van der Waals surface area (Å²) in [6.45, 7) is 0.763. The Morgan fingerprint density at radius 2 is 2.10 bits per heavy atom. The highest BCUT2D eigenvalue weighted by Gasteiger charge is 2.31. The summed E-state index contributed by atoms with van der Waals surface area (Å²) in [6.07, 6.45) is 2.01. The van der Waals surface area contributed by atoms with Crippen LogP contribution in [0.5, 0.6) is 0 Å². The third kappa shape index (κ3) is 2.68. The minimum absolute atomic E-state index is 0.0351. The Bertz CT molecular complexity index is 610. The van der Waals surface area contributed by atoms with Gasteiger partial charge in [-0.25, -0.2) is 4.98 Å². The average molecular weight is 327 g/mol. The van der Waals surface area contributed by atoms with Crippen LogP contribution < -0.4 is 0 Å². The highest BCUT2D eigenvalue weighted by atomic mass is 35.5. The predicted octanol–water partition coefficient (Wildman–Crippen LogP) is 4.43. The van der Waals surface area contributed by atoms with Gasteiger partial charge in [-0.05, 0) is 36.4 Å². The molecular weight excluding hydrogens is 315 g/mol. The van der Waals surface area contributed by atoms with Crippen molar-refractivity contribution in [2.24, 2.45) is 0 Å². The van der Waals surface area contributed by atoms with Gasteiger partial charge in [0.25, 0.3) is 5.91 Å². The zero-order valence-corrected chi connectivity index (χ0v) is 12.9. The Labute approximate surface area is 131 Å². The van der Waals surface area contributed by atoms with Gasteiger partial charge < -0.3 is 4.90 Å². The molecule has 104 valence electrons. The Kier molecular flexibility index (Phi) is 3.96. The molecule has 0 spiro atoms. The van der Waals surface area contributed by atoms with Crippen molar-refractivity contribution in [2.75, 3.05) is 6.54 Å². The summed E-state index contributed by atoms with van der Waals surface area (Å²) in [7, 11) is 0. The van der Waals surface area contributed by atoms with Crippen molar-refractivity contribution in [1.29, 1.82) is 0 Å². The van der Waals surface area contributed by atoms with Gasteiger partial charge in [0.15, 0.2) is 0 Å². The first-order valence-corrected chi connectivity index (χ1v) is 7.96. The van der Waals surface area contributed by atoms with Crippen molar-refractivity contribution >= 4 is 40.4 Å². The van der Waals surface area contributed by atoms with Gasteiger partial charge >= 0.3 is 0 Å². The lowest BCUT2D eigenvalue weighted by Gasteiger charge is -2.24. The first kappa shape index (κ1) is 13.9. The van der Waals surface area contributed by atoms with E-state index in [2.05, 4.69) is 11.1 Å². The number of rotatable bonds is 2. The molecule has 1 fully saturated rings. The van der Waals surface area contributed by atoms with E-state index in [4.69, 9.17) is 23.2 Å². The van der Waals surface area contributed by atoms with E-state index in [1.165, 1.54) is 4.88 Å². The zero-order valence-electron chi connectivity index (χ0n) is 10.6. The summed E-state index contributed by atoms with van der Waals surface area (Å²) in [5.74, 6) is -0.0351. The molecule has 1 unspecified atom stereocenters. The van der Waals surface area contributed by atoms with Crippen molar-refractivity contribution in [3.05, 3.63) is 50.4 Å². The summed E-state index contributed by atoms with van der Waals surface area (Å²) in [5, 5.41) is 2.52. The van der Waals surface area contributed by atoms with E-state index < -0.39 is 0 Å². The summed E-state index contributed by atoms with van der Waals surface area (Å²) in [4.78, 5) is 19.6. The van der Waals surface area contributed by atoms with E-state index in [1.54, 1.807) is 23.5 Å². The van der Waals surface area contributed by atoms with Gasteiger partial charge in [0.2, 0.25) is 0 Å². The third-order valence-corrected chi connectivity index (χ3v) is 4.76. The van der Waals surface area contributed by atoms with Crippen LogP contribution in [0.25, 0.3) is 0 Å². The van der Waals surface area contributed by atoms with Crippen molar-refractivity contribution in [3.63, 3.8) is 0 Å². The molecule has 3 heterocycles. The number of nitrogens with zero attached hydrogens (tertiary/aromatic N) is 2. The molecule has 1 atom stereocenters. The molecule has 0 aliphatic carbocycles. The number of thiophene rings is 1. The molecule has 0 aromatic carbocycles. The summed E-state index contributed by atoms with van der Waals surface area (Å²) in [5.41, 5.74) is 0.499. The average Bonchev–Trinajstić information content (AvgIpc) is 3.07. The maximum Gasteiger partial charge on any atom is 0.254 e. The van der Waals surface area contributed by atoms with E-state index in [0.717, 1.165) is 19.4 Å². The molecule has 2 aromatic rings. The van der Waals surface area contributed by atoms with Gasteiger partial charge in [-0.1, -0.05) is 29.3 Å². The predicted molar refractivity (Wildman–Crippen MR) is 81.6 cm³/mol. The second-order valence-electron chi connectivity index (χ2n) is 4.67. The van der Waals surface area contributed by atoms with Crippen molar-refractivity contribution in [1.82, 2.24) is 9.88 Å². The van der Waals surface area contributed by atoms with Gasteiger partial charge in [0.1, 0.15) is 10.3 Å². The number of hydrogen-bond donors (Lipinski definition) is 0. The van der Waals surface area contributed by atoms with Crippen LogP contribution in [-0.4, -0.2) is 22.3 Å². The van der Waals surface area contributed by atoms with Gasteiger partial charge in [-0.2, -0.15) is 0 Å². The smallest absolute Gasteiger partial charge is 0.254 e. The quantitative estimate of drug-likeness (QED) is 0.765. The van der Waals surface area contributed by atoms with Crippen LogP contribution >= 0.6 is 34.5 Å². The lowest BCUT2D eigenvalue weighted by atomic mass is 10.1. The van der Waals surface area contributed by atoms with E-state index in [-0.39, 0.29) is 22.3 Å². The van der Waals surface area contributed by atoms with Crippen molar-refractivity contribution in [3.8, 4) is 0 Å². The number of aromatic nitrogens is 1. The second-order valence-corrected chi connectivity index (χ2v) is 6.43. The summed E-state index contributed by atoms with van der Waals surface area (Å²) < 4.78 is 0. The fourth-order valence-electron chi connectivity index (χ4n) is 2.54. The molecule has 0 saturated carbocycles. The van der Waals surface area contributed by atoms with Crippen LogP contribution in [0.4, 0.5) is 0 Å². The largest absolute Gasteiger partial charge is 0.331 e. The van der Waals surface area contributed by atoms with Crippen LogP contribution in [0, 0.1) is 0 Å². The molecule has 1 aliphatic heterocycles. The van der Waals surface area contributed by atoms with Crippen LogP contribution in [0.3, 0.4) is 0 Å². The Balaban J connectivity index is 1.89. The van der Waals surface area contributed by atoms with Crippen LogP contribution in [-0.2, 0) is 0 Å². The molecule has 0 bridgehead atoms. The molecule has 3 nitrogen and oxygen atoms in total. The summed E-state index contributed by atoms with van der Waals surface area (Å²) in [6, 6.07) is 7.39. The fraction of sp³-hybridized carbons (Fsp3) is 0.286. The van der Waals surface area contributed by atoms with Crippen LogP contribution in [0.1, 0.15) is 34.1 Å². The molecule has 1 amide bonds. The van der Waals surface area contributed by atoms with Gasteiger partial charge in [0.05, 0.1) is 6.04 Å². The van der Waals surface area contributed by atoms with Gasteiger partial charge in [0, 0.05) is 17.0 Å². The topological polar surface area (TPSA) is 33.2 Å². The lowest BCUT2D eigenvalue weighted by Crippen LogP contribution is -2.30. The molecule has 20 heavy (non-hydrogen) atoms. The highest BCUT2D eigenvalue weighted by Crippen LogP contribution is 2.35. The third-order valence-electron chi connectivity index (χ3n) is 3.40. The maximum absolute atomic E-state index is 12.6. The van der Waals surface area contributed by atoms with E-state index in [1.807, 2.05) is 16.3 Å². The number of amides is 1. The van der Waals surface area contributed by atoms with Crippen LogP contribution in [0.15, 0.2) is 29.6 Å². The number of likely N-dealkylation sites (tertiary alicyclic amines) is 1. The highest BCUT2D eigenvalue weighted by molar-refractivity contribution is 7.10. The minimum atomic E-state index is -0.0351. The summed E-state index contributed by atoms with van der Waals surface area (Å²) >= 11 is 13.4. The number of pyridine rings is 1. The lowest BCUT2D eigenvalue weighted by molar-refractivity contribution is 0.0737. The SMILES string of the molecule is O=C(c1cc(Cl)nc(Cl)c1)N1CCCC1c1cccs1. The number of halogens is 2. The maximum atomic E-state index is 12.6. The molecule has 3 rings (SSSR count). The zero-order chi connectivity index (χ0) is 14.1. The number of carbonyl (C=O) groups excluding carboxylic acids is 1. The molecular formula is C14H12Cl2N2OS. The second kappa shape index (κ2) is 5.72. The molecule has 6 heteroatoms. The monoisotopic (exact) mass is 326 g/mol. The van der Waals surface area contributed by atoms with Crippen LogP contribution in [0.2, 0.25) is 10.3 Å². The normalized spacial score (nSPS) is 18.5. The van der Waals surface area contributed by atoms with Crippen molar-refractivity contribution in [2.45, 2.75) is 18.9 Å². The Morgan fingerprint density at radius 1 is 1.35 bits per heavy atom. The first-order valence-electron chi connectivity index (χ1n) is 6.32. The Morgan fingerprint density at radius 3 is 2.75 bits per heavy atom. The minimum Gasteiger partial charge on any atom is -0.331 e. The van der Waals surface area contributed by atoms with Crippen molar-refractivity contribution < 1.29 is 4.79 Å². The van der Waals surface area contributed by atoms with E-state index in [9.17, 15) is 4.79 Å². The van der Waals surface area contributed by atoms with Gasteiger partial charge in [-0.15, -0.1) is 11.3 Å². The molecule has 0 N–H and O–H groups in total. The molecule has 0 radical (unpaired) electrons.